The molecule has 2 saturated carbocycles. The van der Waals surface area contributed by atoms with Gasteiger partial charge >= 0.3 is 6.18 Å². The van der Waals surface area contributed by atoms with Crippen molar-refractivity contribution in [1.82, 2.24) is 26.2 Å². The first-order chi connectivity index (χ1) is 18.4. The maximum atomic E-state index is 14.4. The van der Waals surface area contributed by atoms with Crippen LogP contribution in [0.15, 0.2) is 0 Å². The molecule has 2 heterocycles. The molecule has 4 aliphatic rings. The lowest BCUT2D eigenvalue weighted by Gasteiger charge is -2.48. The van der Waals surface area contributed by atoms with E-state index in [-0.39, 0.29) is 30.3 Å². The summed E-state index contributed by atoms with van der Waals surface area (Å²) < 4.78 is 43.1. The van der Waals surface area contributed by atoms with Gasteiger partial charge in [-0.15, -0.1) is 0 Å². The van der Waals surface area contributed by atoms with Crippen molar-refractivity contribution in [2.24, 2.45) is 23.2 Å². The van der Waals surface area contributed by atoms with Gasteiger partial charge < -0.3 is 16.0 Å². The van der Waals surface area contributed by atoms with Crippen molar-refractivity contribution < 1.29 is 22.8 Å². The van der Waals surface area contributed by atoms with Gasteiger partial charge in [0.1, 0.15) is 11.4 Å². The normalized spacial score (nSPS) is 34.5. The van der Waals surface area contributed by atoms with Gasteiger partial charge in [0.05, 0.1) is 11.8 Å². The van der Waals surface area contributed by atoms with Gasteiger partial charge in [-0.3, -0.25) is 9.59 Å². The zero-order valence-electron chi connectivity index (χ0n) is 23.7. The molecule has 4 unspecified atom stereocenters. The Hall–Kier alpha value is -1.04. The number of hydrazine groups is 1. The number of rotatable bonds is 4. The molecule has 4 rings (SSSR count). The van der Waals surface area contributed by atoms with E-state index in [0.29, 0.717) is 18.8 Å². The van der Waals surface area contributed by atoms with Gasteiger partial charge in [-0.1, -0.05) is 59.3 Å². The van der Waals surface area contributed by atoms with Gasteiger partial charge in [-0.2, -0.15) is 18.0 Å². The molecule has 39 heavy (non-hydrogen) atoms. The van der Waals surface area contributed by atoms with Crippen molar-refractivity contribution in [1.29, 1.82) is 0 Å². The summed E-state index contributed by atoms with van der Waals surface area (Å²) in [6.07, 6.45) is 6.01. The minimum Gasteiger partial charge on any atom is -0.352 e. The zero-order chi connectivity index (χ0) is 28.3. The van der Waals surface area contributed by atoms with Crippen LogP contribution in [0.4, 0.5) is 13.2 Å². The van der Waals surface area contributed by atoms with E-state index in [4.69, 9.17) is 0 Å². The van der Waals surface area contributed by atoms with E-state index in [1.807, 2.05) is 0 Å². The molecule has 0 radical (unpaired) electrons. The fraction of sp³-hybridized carbons (Fsp3) is 0.929. The van der Waals surface area contributed by atoms with Crippen molar-refractivity contribution in [3.63, 3.8) is 0 Å². The van der Waals surface area contributed by atoms with Gasteiger partial charge in [-0.05, 0) is 68.2 Å². The molecular weight excluding hydrogens is 527 g/mol. The molecule has 0 aromatic carbocycles. The van der Waals surface area contributed by atoms with E-state index in [2.05, 4.69) is 47.0 Å². The predicted molar refractivity (Wildman–Crippen MR) is 148 cm³/mol. The number of nitrogens with one attached hydrogen (secondary N) is 5. The molecule has 7 nitrogen and oxygen atoms in total. The van der Waals surface area contributed by atoms with Gasteiger partial charge in [0.15, 0.2) is 0 Å². The van der Waals surface area contributed by atoms with Crippen LogP contribution in [0, 0.1) is 23.2 Å². The van der Waals surface area contributed by atoms with E-state index < -0.39 is 40.9 Å². The summed E-state index contributed by atoms with van der Waals surface area (Å²) in [4.78, 5) is 29.2. The van der Waals surface area contributed by atoms with Crippen molar-refractivity contribution in [2.45, 2.75) is 133 Å². The van der Waals surface area contributed by atoms with Crippen molar-refractivity contribution in [2.75, 3.05) is 6.54 Å². The third-order valence-electron chi connectivity index (χ3n) is 9.72. The highest BCUT2D eigenvalue weighted by Crippen LogP contribution is 2.47. The minimum absolute atomic E-state index is 0.0964. The number of piperidine rings is 1. The summed E-state index contributed by atoms with van der Waals surface area (Å²) in [5, 5.41) is 8.64. The number of carbonyl (C=O) groups excluding carboxylic acids is 2. The molecule has 2 aliphatic heterocycles. The number of amides is 2. The van der Waals surface area contributed by atoms with Crippen LogP contribution in [0.2, 0.25) is 0 Å². The lowest BCUT2D eigenvalue weighted by atomic mass is 9.69. The molecule has 4 fully saturated rings. The van der Waals surface area contributed by atoms with Crippen LogP contribution in [-0.2, 0) is 9.59 Å². The van der Waals surface area contributed by atoms with Crippen molar-refractivity contribution in [3.8, 4) is 0 Å². The third-order valence-corrected chi connectivity index (χ3v) is 10.6. The van der Waals surface area contributed by atoms with Gasteiger partial charge in [-0.25, -0.2) is 5.43 Å². The second-order valence-electron chi connectivity index (χ2n) is 13.4. The molecule has 224 valence electrons. The number of carbonyl (C=O) groups is 2. The molecule has 11 heteroatoms. The lowest BCUT2D eigenvalue weighted by molar-refractivity contribution is -0.210. The Kier molecular flexibility index (Phi) is 10.2. The fourth-order valence-electron chi connectivity index (χ4n) is 7.20. The average Bonchev–Trinajstić information content (AvgIpc) is 3.36. The summed E-state index contributed by atoms with van der Waals surface area (Å²) >= 11 is 1.18. The fourth-order valence-corrected chi connectivity index (χ4v) is 8.03. The van der Waals surface area contributed by atoms with Crippen LogP contribution in [0.1, 0.15) is 104 Å². The monoisotopic (exact) mass is 575 g/mol. The first-order valence-corrected chi connectivity index (χ1v) is 15.9. The van der Waals surface area contributed by atoms with Crippen molar-refractivity contribution >= 4 is 23.8 Å². The molecule has 0 aromatic heterocycles. The SMILES string of the molecule is CC(C)(C)[C@H]1CC[C@@H](NC(=O)C2NNSC2NC(=O)C2CNC3(CCCCCCCC3)C(C(F)(F)F)C2)CC1. The molecule has 0 bridgehead atoms. The Labute approximate surface area is 235 Å². The number of hydrogen-bond acceptors (Lipinski definition) is 6. The molecule has 0 aromatic rings. The molecule has 1 spiro atoms. The molecule has 5 N–H and O–H groups in total. The average molecular weight is 576 g/mol. The summed E-state index contributed by atoms with van der Waals surface area (Å²) in [5.74, 6) is -2.34. The van der Waals surface area contributed by atoms with Gasteiger partial charge in [0.2, 0.25) is 11.8 Å². The summed E-state index contributed by atoms with van der Waals surface area (Å²) in [5.41, 5.74) is 2.19. The second kappa shape index (κ2) is 12.9. The summed E-state index contributed by atoms with van der Waals surface area (Å²) in [6.45, 7) is 7.00. The largest absolute Gasteiger partial charge is 0.393 e. The summed E-state index contributed by atoms with van der Waals surface area (Å²) in [7, 11) is 0. The van der Waals surface area contributed by atoms with Crippen LogP contribution in [0.3, 0.4) is 0 Å². The smallest absolute Gasteiger partial charge is 0.352 e. The second-order valence-corrected chi connectivity index (χ2v) is 14.3. The quantitative estimate of drug-likeness (QED) is 0.305. The Balaban J connectivity index is 1.33. The molecule has 4 atom stereocenters. The molecule has 2 saturated heterocycles. The minimum atomic E-state index is -4.38. The van der Waals surface area contributed by atoms with Gasteiger partial charge in [0.25, 0.3) is 0 Å². The number of hydrogen-bond donors (Lipinski definition) is 5. The lowest BCUT2D eigenvalue weighted by Crippen LogP contribution is -2.63. The van der Waals surface area contributed by atoms with Crippen LogP contribution in [-0.4, -0.2) is 47.5 Å². The Bertz CT molecular complexity index is 834. The highest BCUT2D eigenvalue weighted by molar-refractivity contribution is 7.98. The standard InChI is InChI=1S/C28H48F3N5O2S/c1-26(2,3)19-10-12-20(13-11-19)33-24(38)22-25(39-36-35-22)34-23(37)18-16-21(28(29,30)31)27(32-17-18)14-8-6-4-5-7-9-15-27/h18-22,25,32,35-36H,4-17H2,1-3H3,(H,33,38)(H,34,37)/t18?,19-,20+,21?,22?,25?. The molecule has 2 aliphatic carbocycles. The van der Waals surface area contributed by atoms with Crippen LogP contribution in [0.5, 0.6) is 0 Å². The van der Waals surface area contributed by atoms with E-state index in [0.717, 1.165) is 64.2 Å². The zero-order valence-corrected chi connectivity index (χ0v) is 24.5. The number of halogens is 3. The number of alkyl halides is 3. The van der Waals surface area contributed by atoms with Crippen LogP contribution < -0.4 is 26.2 Å². The van der Waals surface area contributed by atoms with E-state index >= 15 is 0 Å². The Morgan fingerprint density at radius 3 is 2.08 bits per heavy atom. The maximum absolute atomic E-state index is 14.4. The maximum Gasteiger partial charge on any atom is 0.393 e. The van der Waals surface area contributed by atoms with Gasteiger partial charge in [0, 0.05) is 18.1 Å². The highest BCUT2D eigenvalue weighted by Gasteiger charge is 2.56. The first-order valence-electron chi connectivity index (χ1n) is 15.0. The first kappa shape index (κ1) is 30.9. The predicted octanol–water partition coefficient (Wildman–Crippen LogP) is 4.94. The Morgan fingerprint density at radius 2 is 1.49 bits per heavy atom. The topological polar surface area (TPSA) is 94.3 Å². The van der Waals surface area contributed by atoms with E-state index in [9.17, 15) is 22.8 Å². The third kappa shape index (κ3) is 7.83. The van der Waals surface area contributed by atoms with Crippen molar-refractivity contribution in [3.05, 3.63) is 0 Å². The van der Waals surface area contributed by atoms with Crippen LogP contribution in [0.25, 0.3) is 0 Å². The molecule has 2 amide bonds. The molecular formula is C28H48F3N5O2S. The van der Waals surface area contributed by atoms with E-state index in [1.54, 1.807) is 0 Å². The Morgan fingerprint density at radius 1 is 0.872 bits per heavy atom. The highest BCUT2D eigenvalue weighted by atomic mass is 32.2. The summed E-state index contributed by atoms with van der Waals surface area (Å²) in [6, 6.07) is -0.603. The van der Waals surface area contributed by atoms with Crippen LogP contribution >= 0.6 is 11.9 Å². The van der Waals surface area contributed by atoms with E-state index in [1.165, 1.54) is 11.9 Å².